The number of halogens is 1. The summed E-state index contributed by atoms with van der Waals surface area (Å²) in [4.78, 5) is 0. The van der Waals surface area contributed by atoms with Crippen molar-refractivity contribution in [2.24, 2.45) is 0 Å². The standard InChI is InChI=1S/C13H15ClO2S2/c1-3-15-13(17)18-8(2)11-7-16-12-5-4-9(14)6-10(11)12/h4-6,8,11H,3,7H2,1-2H3. The van der Waals surface area contributed by atoms with Crippen molar-refractivity contribution in [2.45, 2.75) is 25.0 Å². The Morgan fingerprint density at radius 2 is 2.44 bits per heavy atom. The SMILES string of the molecule is CCOC(=S)SC(C)C1COc2ccc(Cl)cc21. The summed E-state index contributed by atoms with van der Waals surface area (Å²) in [6.45, 7) is 5.37. The summed E-state index contributed by atoms with van der Waals surface area (Å²) in [6.07, 6.45) is 0. The van der Waals surface area contributed by atoms with Crippen LogP contribution in [0.3, 0.4) is 0 Å². The van der Waals surface area contributed by atoms with Gasteiger partial charge in [-0.05, 0) is 37.3 Å². The second-order valence-corrected chi connectivity index (χ2v) is 6.52. The van der Waals surface area contributed by atoms with E-state index in [4.69, 9.17) is 33.3 Å². The number of thioether (sulfide) groups is 1. The summed E-state index contributed by atoms with van der Waals surface area (Å²) in [5.41, 5.74) is 1.17. The van der Waals surface area contributed by atoms with Crippen LogP contribution in [0.15, 0.2) is 18.2 Å². The fourth-order valence-corrected chi connectivity index (χ4v) is 3.62. The third-order valence-electron chi connectivity index (χ3n) is 2.90. The fraction of sp³-hybridized carbons (Fsp3) is 0.462. The van der Waals surface area contributed by atoms with Crippen molar-refractivity contribution in [3.05, 3.63) is 28.8 Å². The monoisotopic (exact) mass is 302 g/mol. The predicted octanol–water partition coefficient (Wildman–Crippen LogP) is 4.26. The van der Waals surface area contributed by atoms with E-state index in [-0.39, 0.29) is 0 Å². The zero-order valence-corrected chi connectivity index (χ0v) is 12.7. The van der Waals surface area contributed by atoms with Gasteiger partial charge in [0.15, 0.2) is 0 Å². The van der Waals surface area contributed by atoms with Gasteiger partial charge in [0.2, 0.25) is 4.38 Å². The van der Waals surface area contributed by atoms with Gasteiger partial charge in [-0.3, -0.25) is 0 Å². The summed E-state index contributed by atoms with van der Waals surface area (Å²) in [7, 11) is 0. The quantitative estimate of drug-likeness (QED) is 0.776. The maximum absolute atomic E-state index is 6.04. The van der Waals surface area contributed by atoms with E-state index in [1.165, 1.54) is 5.56 Å². The van der Waals surface area contributed by atoms with Crippen LogP contribution >= 0.6 is 35.6 Å². The van der Waals surface area contributed by atoms with Gasteiger partial charge < -0.3 is 9.47 Å². The molecule has 1 aliphatic rings. The molecule has 0 N–H and O–H groups in total. The molecule has 0 fully saturated rings. The van der Waals surface area contributed by atoms with Crippen LogP contribution in [0, 0.1) is 0 Å². The topological polar surface area (TPSA) is 18.5 Å². The Morgan fingerprint density at radius 1 is 1.67 bits per heavy atom. The van der Waals surface area contributed by atoms with Crippen LogP contribution in [-0.2, 0) is 4.74 Å². The third-order valence-corrected chi connectivity index (χ3v) is 4.55. The van der Waals surface area contributed by atoms with E-state index in [0.29, 0.717) is 28.8 Å². The molecule has 0 bridgehead atoms. The average molecular weight is 303 g/mol. The summed E-state index contributed by atoms with van der Waals surface area (Å²) >= 11 is 12.8. The summed E-state index contributed by atoms with van der Waals surface area (Å²) < 4.78 is 11.6. The minimum absolute atomic E-state index is 0.308. The summed E-state index contributed by atoms with van der Waals surface area (Å²) in [5, 5.41) is 1.05. The highest BCUT2D eigenvalue weighted by molar-refractivity contribution is 8.23. The van der Waals surface area contributed by atoms with Crippen LogP contribution < -0.4 is 4.74 Å². The van der Waals surface area contributed by atoms with Crippen molar-refractivity contribution in [2.75, 3.05) is 13.2 Å². The van der Waals surface area contributed by atoms with Crippen LogP contribution in [0.2, 0.25) is 5.02 Å². The smallest absolute Gasteiger partial charge is 0.220 e. The molecule has 1 heterocycles. The van der Waals surface area contributed by atoms with E-state index in [2.05, 4.69) is 6.92 Å². The first kappa shape index (κ1) is 14.0. The second-order valence-electron chi connectivity index (χ2n) is 4.11. The molecule has 0 saturated carbocycles. The first-order chi connectivity index (χ1) is 8.61. The van der Waals surface area contributed by atoms with E-state index in [9.17, 15) is 0 Å². The molecule has 0 spiro atoms. The van der Waals surface area contributed by atoms with E-state index >= 15 is 0 Å². The third kappa shape index (κ3) is 3.11. The Labute approximate surface area is 122 Å². The van der Waals surface area contributed by atoms with E-state index in [0.717, 1.165) is 10.8 Å². The van der Waals surface area contributed by atoms with Gasteiger partial charge in [-0.15, -0.1) is 0 Å². The van der Waals surface area contributed by atoms with Gasteiger partial charge in [0, 0.05) is 21.8 Å². The number of rotatable bonds is 3. The molecular formula is C13H15ClO2S2. The molecule has 2 nitrogen and oxygen atoms in total. The van der Waals surface area contributed by atoms with Crippen LogP contribution in [0.4, 0.5) is 0 Å². The molecule has 2 rings (SSSR count). The van der Waals surface area contributed by atoms with Gasteiger partial charge in [0.05, 0.1) is 13.2 Å². The second kappa shape index (κ2) is 6.13. The Bertz CT molecular complexity index is 451. The molecule has 1 aromatic rings. The van der Waals surface area contributed by atoms with Crippen molar-refractivity contribution in [3.63, 3.8) is 0 Å². The molecule has 1 aromatic carbocycles. The maximum Gasteiger partial charge on any atom is 0.220 e. The Balaban J connectivity index is 2.08. The van der Waals surface area contributed by atoms with Crippen LogP contribution in [0.25, 0.3) is 0 Å². The molecule has 1 aliphatic heterocycles. The van der Waals surface area contributed by atoms with Crippen molar-refractivity contribution < 1.29 is 9.47 Å². The minimum atomic E-state index is 0.308. The summed E-state index contributed by atoms with van der Waals surface area (Å²) in [6, 6.07) is 5.76. The predicted molar refractivity (Wildman–Crippen MR) is 81.0 cm³/mol. The number of benzene rings is 1. The van der Waals surface area contributed by atoms with Crippen LogP contribution in [0.1, 0.15) is 25.3 Å². The molecular weight excluding hydrogens is 288 g/mol. The lowest BCUT2D eigenvalue weighted by Crippen LogP contribution is -2.16. The molecule has 0 aromatic heterocycles. The van der Waals surface area contributed by atoms with Crippen molar-refractivity contribution in [3.8, 4) is 5.75 Å². The molecule has 5 heteroatoms. The van der Waals surface area contributed by atoms with Gasteiger partial charge in [0.25, 0.3) is 0 Å². The first-order valence-corrected chi connectivity index (χ1v) is 7.54. The Morgan fingerprint density at radius 3 is 3.17 bits per heavy atom. The lowest BCUT2D eigenvalue weighted by atomic mass is 9.98. The molecule has 2 atom stereocenters. The minimum Gasteiger partial charge on any atom is -0.493 e. The van der Waals surface area contributed by atoms with Gasteiger partial charge in [-0.2, -0.15) is 0 Å². The zero-order chi connectivity index (χ0) is 13.1. The average Bonchev–Trinajstić information content (AvgIpc) is 2.71. The van der Waals surface area contributed by atoms with Gasteiger partial charge in [-0.25, -0.2) is 0 Å². The van der Waals surface area contributed by atoms with E-state index < -0.39 is 0 Å². The normalized spacial score (nSPS) is 18.9. The number of hydrogen-bond donors (Lipinski definition) is 0. The zero-order valence-electron chi connectivity index (χ0n) is 10.3. The highest BCUT2D eigenvalue weighted by atomic mass is 35.5. The van der Waals surface area contributed by atoms with Gasteiger partial charge in [0.1, 0.15) is 5.75 Å². The fourth-order valence-electron chi connectivity index (χ4n) is 1.98. The molecule has 2 unspecified atom stereocenters. The summed E-state index contributed by atoms with van der Waals surface area (Å²) in [5.74, 6) is 1.24. The molecule has 0 amide bonds. The number of thiocarbonyl (C=S) groups is 1. The Kier molecular flexibility index (Phi) is 4.76. The lowest BCUT2D eigenvalue weighted by molar-refractivity contribution is 0.329. The van der Waals surface area contributed by atoms with E-state index in [1.807, 2.05) is 25.1 Å². The van der Waals surface area contributed by atoms with Crippen LogP contribution in [-0.4, -0.2) is 22.8 Å². The number of ether oxygens (including phenoxy) is 2. The molecule has 0 radical (unpaired) electrons. The maximum atomic E-state index is 6.04. The van der Waals surface area contributed by atoms with Crippen LogP contribution in [0.5, 0.6) is 5.75 Å². The number of hydrogen-bond acceptors (Lipinski definition) is 4. The molecule has 0 aliphatic carbocycles. The van der Waals surface area contributed by atoms with Gasteiger partial charge >= 0.3 is 0 Å². The van der Waals surface area contributed by atoms with Crippen molar-refractivity contribution in [1.29, 1.82) is 0 Å². The molecule has 18 heavy (non-hydrogen) atoms. The largest absolute Gasteiger partial charge is 0.493 e. The number of fused-ring (bicyclic) bond motifs is 1. The van der Waals surface area contributed by atoms with Crippen molar-refractivity contribution >= 4 is 40.0 Å². The van der Waals surface area contributed by atoms with E-state index in [1.54, 1.807) is 11.8 Å². The van der Waals surface area contributed by atoms with Gasteiger partial charge in [-0.1, -0.05) is 30.3 Å². The lowest BCUT2D eigenvalue weighted by Gasteiger charge is -2.18. The highest BCUT2D eigenvalue weighted by Crippen LogP contribution is 2.41. The molecule has 0 saturated heterocycles. The Hall–Kier alpha value is -0.450. The first-order valence-electron chi connectivity index (χ1n) is 5.87. The van der Waals surface area contributed by atoms with Crippen molar-refractivity contribution in [1.82, 2.24) is 0 Å². The highest BCUT2D eigenvalue weighted by Gasteiger charge is 2.30. The molecule has 98 valence electrons.